The first-order valence-corrected chi connectivity index (χ1v) is 11.3. The van der Waals surface area contributed by atoms with Crippen LogP contribution in [-0.2, 0) is 11.3 Å². The van der Waals surface area contributed by atoms with Gasteiger partial charge in [-0.2, -0.15) is 0 Å². The molecule has 10 heteroatoms. The van der Waals surface area contributed by atoms with Crippen LogP contribution in [0.5, 0.6) is 0 Å². The molecule has 1 fully saturated rings. The highest BCUT2D eigenvalue weighted by molar-refractivity contribution is 5.81. The fourth-order valence-electron chi connectivity index (χ4n) is 4.89. The summed E-state index contributed by atoms with van der Waals surface area (Å²) < 4.78 is 4.00. The zero-order valence-electron chi connectivity index (χ0n) is 18.6. The lowest BCUT2D eigenvalue weighted by Crippen LogP contribution is -2.49. The van der Waals surface area contributed by atoms with Gasteiger partial charge in [0.05, 0.1) is 35.5 Å². The highest BCUT2D eigenvalue weighted by Crippen LogP contribution is 2.31. The fourth-order valence-corrected chi connectivity index (χ4v) is 4.89. The third-order valence-corrected chi connectivity index (χ3v) is 6.54. The standard InChI is InChI=1S/C23H28N8O2/c1-14-28-15-6-2-3-8-17(15)30(14)11-5-10-19(32)29-16-7-4-9-18(21(16)33)31-13-27-20-22(24)25-12-26-23(20)31/h2-3,6,8,12-13,16,18,21,33H,4-5,7,9-11H2,1H3,(H,29,32)(H2,24,25,26)/t16-,18-,21-/m0/s1. The van der Waals surface area contributed by atoms with Crippen molar-refractivity contribution in [1.82, 2.24) is 34.4 Å². The molecule has 0 bridgehead atoms. The molecule has 0 spiro atoms. The van der Waals surface area contributed by atoms with Crippen molar-refractivity contribution < 1.29 is 9.90 Å². The number of hydrogen-bond donors (Lipinski definition) is 3. The number of aromatic nitrogens is 6. The number of aryl methyl sites for hydroxylation is 2. The Bertz CT molecular complexity index is 1300. The third-order valence-electron chi connectivity index (χ3n) is 6.54. The third kappa shape index (κ3) is 4.02. The summed E-state index contributed by atoms with van der Waals surface area (Å²) in [6.45, 7) is 2.70. The summed E-state index contributed by atoms with van der Waals surface area (Å²) in [5.41, 5.74) is 9.07. The highest BCUT2D eigenvalue weighted by Gasteiger charge is 2.34. The Morgan fingerprint density at radius 2 is 2.09 bits per heavy atom. The zero-order valence-corrected chi connectivity index (χ0v) is 18.6. The topological polar surface area (TPSA) is 137 Å². The molecule has 172 valence electrons. The Morgan fingerprint density at radius 3 is 2.97 bits per heavy atom. The number of aliphatic hydroxyl groups excluding tert-OH is 1. The van der Waals surface area contributed by atoms with Crippen LogP contribution in [0.3, 0.4) is 0 Å². The van der Waals surface area contributed by atoms with Crippen molar-refractivity contribution >= 4 is 33.9 Å². The average molecular weight is 449 g/mol. The van der Waals surface area contributed by atoms with Crippen LogP contribution >= 0.6 is 0 Å². The normalized spacial score (nSPS) is 21.0. The molecule has 1 aromatic carbocycles. The van der Waals surface area contributed by atoms with Crippen LogP contribution < -0.4 is 11.1 Å². The number of carbonyl (C=O) groups excluding carboxylic acids is 1. The SMILES string of the molecule is Cc1nc2ccccc2n1CCCC(=O)N[C@H]1CCC[C@H](n2cnc3c(N)ncnc32)[C@H]1O. The Morgan fingerprint density at radius 1 is 1.24 bits per heavy atom. The summed E-state index contributed by atoms with van der Waals surface area (Å²) in [6, 6.07) is 7.47. The number of nitrogens with one attached hydrogen (secondary N) is 1. The van der Waals surface area contributed by atoms with Crippen LogP contribution in [0, 0.1) is 6.92 Å². The van der Waals surface area contributed by atoms with Gasteiger partial charge in [0, 0.05) is 13.0 Å². The van der Waals surface area contributed by atoms with E-state index >= 15 is 0 Å². The maximum Gasteiger partial charge on any atom is 0.220 e. The van der Waals surface area contributed by atoms with Crippen molar-refractivity contribution in [3.05, 3.63) is 42.7 Å². The van der Waals surface area contributed by atoms with Gasteiger partial charge in [0.25, 0.3) is 0 Å². The number of anilines is 1. The minimum Gasteiger partial charge on any atom is -0.389 e. The van der Waals surface area contributed by atoms with Gasteiger partial charge >= 0.3 is 0 Å². The van der Waals surface area contributed by atoms with E-state index in [2.05, 4.69) is 29.8 Å². The number of fused-ring (bicyclic) bond motifs is 2. The lowest BCUT2D eigenvalue weighted by atomic mass is 9.87. The molecular weight excluding hydrogens is 420 g/mol. The molecule has 4 N–H and O–H groups in total. The van der Waals surface area contributed by atoms with Crippen molar-refractivity contribution in [3.8, 4) is 0 Å². The molecule has 1 saturated carbocycles. The molecule has 33 heavy (non-hydrogen) atoms. The molecule has 5 rings (SSSR count). The van der Waals surface area contributed by atoms with Gasteiger partial charge in [-0.25, -0.2) is 19.9 Å². The summed E-state index contributed by atoms with van der Waals surface area (Å²) >= 11 is 0. The van der Waals surface area contributed by atoms with E-state index < -0.39 is 6.10 Å². The van der Waals surface area contributed by atoms with E-state index in [1.54, 1.807) is 6.33 Å². The van der Waals surface area contributed by atoms with Gasteiger partial charge in [0.2, 0.25) is 5.91 Å². The van der Waals surface area contributed by atoms with Crippen LogP contribution in [0.25, 0.3) is 22.2 Å². The summed E-state index contributed by atoms with van der Waals surface area (Å²) in [6.07, 6.45) is 5.78. The molecule has 3 atom stereocenters. The van der Waals surface area contributed by atoms with E-state index in [0.717, 1.165) is 42.7 Å². The van der Waals surface area contributed by atoms with Gasteiger partial charge in [0.15, 0.2) is 11.5 Å². The molecule has 0 unspecified atom stereocenters. The minimum atomic E-state index is -0.740. The van der Waals surface area contributed by atoms with Crippen molar-refractivity contribution in [2.45, 2.75) is 63.8 Å². The first-order chi connectivity index (χ1) is 16.0. The van der Waals surface area contributed by atoms with Crippen molar-refractivity contribution in [2.24, 2.45) is 0 Å². The Kier molecular flexibility index (Phi) is 5.67. The molecule has 0 saturated heterocycles. The molecular formula is C23H28N8O2. The summed E-state index contributed by atoms with van der Waals surface area (Å²) in [5, 5.41) is 14.1. The Hall–Kier alpha value is -3.53. The molecule has 10 nitrogen and oxygen atoms in total. The number of imidazole rings is 2. The smallest absolute Gasteiger partial charge is 0.220 e. The second-order valence-electron chi connectivity index (χ2n) is 8.65. The number of amides is 1. The number of nitrogens with zero attached hydrogens (tertiary/aromatic N) is 6. The molecule has 1 amide bonds. The highest BCUT2D eigenvalue weighted by atomic mass is 16.3. The molecule has 0 aliphatic heterocycles. The predicted molar refractivity (Wildman–Crippen MR) is 124 cm³/mol. The predicted octanol–water partition coefficient (Wildman–Crippen LogP) is 2.12. The monoisotopic (exact) mass is 448 g/mol. The van der Waals surface area contributed by atoms with Crippen LogP contribution in [0.15, 0.2) is 36.9 Å². The largest absolute Gasteiger partial charge is 0.389 e. The molecule has 3 aromatic heterocycles. The number of rotatable bonds is 6. The van der Waals surface area contributed by atoms with E-state index in [1.807, 2.05) is 35.8 Å². The number of benzene rings is 1. The molecule has 1 aliphatic rings. The maximum atomic E-state index is 12.7. The van der Waals surface area contributed by atoms with E-state index in [1.165, 1.54) is 6.33 Å². The molecule has 4 aromatic rings. The van der Waals surface area contributed by atoms with Crippen molar-refractivity contribution in [1.29, 1.82) is 0 Å². The second-order valence-corrected chi connectivity index (χ2v) is 8.65. The minimum absolute atomic E-state index is 0.0520. The maximum absolute atomic E-state index is 12.7. The summed E-state index contributed by atoms with van der Waals surface area (Å²) in [5.74, 6) is 1.21. The average Bonchev–Trinajstić information content (AvgIpc) is 3.37. The van der Waals surface area contributed by atoms with Gasteiger partial charge in [0.1, 0.15) is 17.7 Å². The van der Waals surface area contributed by atoms with Crippen molar-refractivity contribution in [2.75, 3.05) is 5.73 Å². The van der Waals surface area contributed by atoms with Gasteiger partial charge in [-0.15, -0.1) is 0 Å². The van der Waals surface area contributed by atoms with Crippen LogP contribution in [0.2, 0.25) is 0 Å². The van der Waals surface area contributed by atoms with Gasteiger partial charge in [-0.05, 0) is 44.7 Å². The number of para-hydroxylation sites is 2. The van der Waals surface area contributed by atoms with E-state index in [4.69, 9.17) is 5.73 Å². The zero-order chi connectivity index (χ0) is 22.9. The number of carbonyl (C=O) groups is 1. The Balaban J connectivity index is 1.21. The number of nitrogen functional groups attached to an aromatic ring is 1. The fraction of sp³-hybridized carbons (Fsp3) is 0.435. The van der Waals surface area contributed by atoms with Crippen LogP contribution in [0.4, 0.5) is 5.82 Å². The van der Waals surface area contributed by atoms with E-state index in [9.17, 15) is 9.90 Å². The van der Waals surface area contributed by atoms with Crippen LogP contribution in [0.1, 0.15) is 44.0 Å². The van der Waals surface area contributed by atoms with Gasteiger partial charge in [-0.3, -0.25) is 4.79 Å². The first-order valence-electron chi connectivity index (χ1n) is 11.3. The number of nitrogens with two attached hydrogens (primary N) is 1. The first kappa shape index (κ1) is 21.3. The van der Waals surface area contributed by atoms with E-state index in [0.29, 0.717) is 29.8 Å². The summed E-state index contributed by atoms with van der Waals surface area (Å²) in [4.78, 5) is 29.8. The summed E-state index contributed by atoms with van der Waals surface area (Å²) in [7, 11) is 0. The van der Waals surface area contributed by atoms with Gasteiger partial charge < -0.3 is 25.3 Å². The molecule has 1 aliphatic carbocycles. The van der Waals surface area contributed by atoms with Crippen molar-refractivity contribution in [3.63, 3.8) is 0 Å². The number of hydrogen-bond acceptors (Lipinski definition) is 7. The lowest BCUT2D eigenvalue weighted by molar-refractivity contribution is -0.123. The molecule has 3 heterocycles. The van der Waals surface area contributed by atoms with Gasteiger partial charge in [-0.1, -0.05) is 12.1 Å². The molecule has 0 radical (unpaired) electrons. The van der Waals surface area contributed by atoms with Crippen LogP contribution in [-0.4, -0.2) is 52.2 Å². The lowest BCUT2D eigenvalue weighted by Gasteiger charge is -2.36. The van der Waals surface area contributed by atoms with E-state index in [-0.39, 0.29) is 18.0 Å². The Labute approximate surface area is 190 Å². The quantitative estimate of drug-likeness (QED) is 0.411. The second kappa shape index (κ2) is 8.78. The number of aliphatic hydroxyl groups is 1.